The largest absolute Gasteiger partial charge is 0.310 e. The van der Waals surface area contributed by atoms with E-state index in [1.54, 1.807) is 0 Å². The molecule has 1 aliphatic carbocycles. The molecule has 0 aliphatic heterocycles. The Morgan fingerprint density at radius 2 is 1.71 bits per heavy atom. The van der Waals surface area contributed by atoms with Gasteiger partial charge in [0.05, 0.1) is 0 Å². The van der Waals surface area contributed by atoms with Crippen molar-refractivity contribution < 1.29 is 0 Å². The molecular weight excluding hydrogens is 206 g/mol. The first-order valence-electron chi connectivity index (χ1n) is 6.63. The van der Waals surface area contributed by atoms with E-state index in [0.29, 0.717) is 0 Å². The summed E-state index contributed by atoms with van der Waals surface area (Å²) in [4.78, 5) is 0. The van der Waals surface area contributed by atoms with Gasteiger partial charge in [-0.1, -0.05) is 49.2 Å². The summed E-state index contributed by atoms with van der Waals surface area (Å²) in [7, 11) is 0. The first kappa shape index (κ1) is 10.8. The molecule has 17 heavy (non-hydrogen) atoms. The van der Waals surface area contributed by atoms with Crippen molar-refractivity contribution in [3.63, 3.8) is 0 Å². The smallest absolute Gasteiger partial charge is 0.0208 e. The van der Waals surface area contributed by atoms with Crippen LogP contribution in [0.4, 0.5) is 0 Å². The second-order valence-electron chi connectivity index (χ2n) is 5.04. The lowest BCUT2D eigenvalue weighted by Crippen LogP contribution is -2.25. The SMILES string of the molecule is c1ccc2cc(CNC3CCCC3)ccc2c1. The molecule has 0 aromatic heterocycles. The van der Waals surface area contributed by atoms with E-state index in [-0.39, 0.29) is 0 Å². The highest BCUT2D eigenvalue weighted by molar-refractivity contribution is 5.82. The molecule has 1 nitrogen and oxygen atoms in total. The Hall–Kier alpha value is -1.34. The number of hydrogen-bond acceptors (Lipinski definition) is 1. The first-order valence-corrected chi connectivity index (χ1v) is 6.63. The van der Waals surface area contributed by atoms with Crippen molar-refractivity contribution in [2.75, 3.05) is 0 Å². The third-order valence-corrected chi connectivity index (χ3v) is 3.76. The molecule has 0 bridgehead atoms. The predicted octanol–water partition coefficient (Wildman–Crippen LogP) is 3.87. The number of benzene rings is 2. The fourth-order valence-electron chi connectivity index (χ4n) is 2.74. The van der Waals surface area contributed by atoms with Gasteiger partial charge in [0, 0.05) is 12.6 Å². The molecule has 1 fully saturated rings. The zero-order valence-corrected chi connectivity index (χ0v) is 10.2. The van der Waals surface area contributed by atoms with E-state index in [0.717, 1.165) is 12.6 Å². The monoisotopic (exact) mass is 225 g/mol. The Labute approximate surface area is 103 Å². The summed E-state index contributed by atoms with van der Waals surface area (Å²) in [5.41, 5.74) is 1.40. The Kier molecular flexibility index (Phi) is 3.10. The maximum atomic E-state index is 3.66. The molecule has 88 valence electrons. The summed E-state index contributed by atoms with van der Waals surface area (Å²) in [6.07, 6.45) is 5.51. The van der Waals surface area contributed by atoms with Crippen molar-refractivity contribution in [2.45, 2.75) is 38.3 Å². The summed E-state index contributed by atoms with van der Waals surface area (Å²) >= 11 is 0. The van der Waals surface area contributed by atoms with Crippen LogP contribution in [0.2, 0.25) is 0 Å². The van der Waals surface area contributed by atoms with Crippen molar-refractivity contribution in [1.82, 2.24) is 5.32 Å². The Balaban J connectivity index is 1.72. The van der Waals surface area contributed by atoms with Crippen molar-refractivity contribution in [1.29, 1.82) is 0 Å². The average Bonchev–Trinajstić information content (AvgIpc) is 2.89. The average molecular weight is 225 g/mol. The predicted molar refractivity (Wildman–Crippen MR) is 73.0 cm³/mol. The van der Waals surface area contributed by atoms with Gasteiger partial charge in [-0.25, -0.2) is 0 Å². The van der Waals surface area contributed by atoms with Gasteiger partial charge in [0.2, 0.25) is 0 Å². The standard InChI is InChI=1S/C16H19N/c1-2-6-15-11-13(9-10-14(15)5-1)12-17-16-7-3-4-8-16/h1-2,5-6,9-11,16-17H,3-4,7-8,12H2. The molecule has 2 aromatic rings. The molecule has 0 heterocycles. The van der Waals surface area contributed by atoms with Crippen LogP contribution in [0.5, 0.6) is 0 Å². The van der Waals surface area contributed by atoms with Crippen molar-refractivity contribution >= 4 is 10.8 Å². The molecule has 0 saturated heterocycles. The van der Waals surface area contributed by atoms with Crippen LogP contribution in [-0.4, -0.2) is 6.04 Å². The molecule has 3 rings (SSSR count). The van der Waals surface area contributed by atoms with Crippen LogP contribution in [0.25, 0.3) is 10.8 Å². The minimum Gasteiger partial charge on any atom is -0.310 e. The lowest BCUT2D eigenvalue weighted by molar-refractivity contribution is 0.524. The molecular formula is C16H19N. The number of nitrogens with one attached hydrogen (secondary N) is 1. The normalized spacial score (nSPS) is 16.7. The van der Waals surface area contributed by atoms with Crippen molar-refractivity contribution in [3.05, 3.63) is 48.0 Å². The fourth-order valence-corrected chi connectivity index (χ4v) is 2.74. The molecule has 1 aliphatic rings. The highest BCUT2D eigenvalue weighted by atomic mass is 14.9. The van der Waals surface area contributed by atoms with Crippen molar-refractivity contribution in [3.8, 4) is 0 Å². The van der Waals surface area contributed by atoms with E-state index in [2.05, 4.69) is 47.8 Å². The van der Waals surface area contributed by atoms with Crippen LogP contribution in [0.1, 0.15) is 31.2 Å². The zero-order chi connectivity index (χ0) is 11.5. The second kappa shape index (κ2) is 4.89. The summed E-state index contributed by atoms with van der Waals surface area (Å²) in [5, 5.41) is 6.34. The van der Waals surface area contributed by atoms with E-state index in [1.807, 2.05) is 0 Å². The van der Waals surface area contributed by atoms with Crippen LogP contribution in [0, 0.1) is 0 Å². The van der Waals surface area contributed by atoms with Gasteiger partial charge in [-0.05, 0) is 35.2 Å². The molecule has 0 unspecified atom stereocenters. The van der Waals surface area contributed by atoms with Gasteiger partial charge in [0.25, 0.3) is 0 Å². The van der Waals surface area contributed by atoms with E-state index in [1.165, 1.54) is 42.0 Å². The van der Waals surface area contributed by atoms with Crippen LogP contribution in [0.3, 0.4) is 0 Å². The minimum absolute atomic E-state index is 0.751. The van der Waals surface area contributed by atoms with E-state index >= 15 is 0 Å². The molecule has 1 saturated carbocycles. The Morgan fingerprint density at radius 3 is 2.53 bits per heavy atom. The van der Waals surface area contributed by atoms with E-state index < -0.39 is 0 Å². The van der Waals surface area contributed by atoms with Gasteiger partial charge < -0.3 is 5.32 Å². The number of fused-ring (bicyclic) bond motifs is 1. The highest BCUT2D eigenvalue weighted by Gasteiger charge is 2.13. The minimum atomic E-state index is 0.751. The summed E-state index contributed by atoms with van der Waals surface area (Å²) in [6.45, 7) is 1.01. The quantitative estimate of drug-likeness (QED) is 0.836. The Morgan fingerprint density at radius 1 is 0.941 bits per heavy atom. The zero-order valence-electron chi connectivity index (χ0n) is 10.2. The lowest BCUT2D eigenvalue weighted by atomic mass is 10.1. The maximum absolute atomic E-state index is 3.66. The van der Waals surface area contributed by atoms with Crippen molar-refractivity contribution in [2.24, 2.45) is 0 Å². The van der Waals surface area contributed by atoms with Crippen LogP contribution >= 0.6 is 0 Å². The number of hydrogen-bond donors (Lipinski definition) is 1. The van der Waals surface area contributed by atoms with Gasteiger partial charge in [-0.15, -0.1) is 0 Å². The van der Waals surface area contributed by atoms with Gasteiger partial charge in [0.1, 0.15) is 0 Å². The summed E-state index contributed by atoms with van der Waals surface area (Å²) < 4.78 is 0. The Bertz CT molecular complexity index is 498. The van der Waals surface area contributed by atoms with Crippen LogP contribution in [-0.2, 0) is 6.54 Å². The van der Waals surface area contributed by atoms with Crippen LogP contribution < -0.4 is 5.32 Å². The third-order valence-electron chi connectivity index (χ3n) is 3.76. The fraction of sp³-hybridized carbons (Fsp3) is 0.375. The molecule has 0 amide bonds. The first-order chi connectivity index (χ1) is 8.42. The van der Waals surface area contributed by atoms with Gasteiger partial charge in [-0.3, -0.25) is 0 Å². The summed E-state index contributed by atoms with van der Waals surface area (Å²) in [6, 6.07) is 16.1. The molecule has 2 aromatic carbocycles. The molecule has 0 atom stereocenters. The van der Waals surface area contributed by atoms with Crippen LogP contribution in [0.15, 0.2) is 42.5 Å². The third kappa shape index (κ3) is 2.50. The van der Waals surface area contributed by atoms with E-state index in [4.69, 9.17) is 0 Å². The second-order valence-corrected chi connectivity index (χ2v) is 5.04. The van der Waals surface area contributed by atoms with Gasteiger partial charge in [0.15, 0.2) is 0 Å². The topological polar surface area (TPSA) is 12.0 Å². The highest BCUT2D eigenvalue weighted by Crippen LogP contribution is 2.19. The lowest BCUT2D eigenvalue weighted by Gasteiger charge is -2.12. The molecule has 1 heteroatoms. The number of rotatable bonds is 3. The van der Waals surface area contributed by atoms with Gasteiger partial charge in [-0.2, -0.15) is 0 Å². The molecule has 0 spiro atoms. The van der Waals surface area contributed by atoms with Gasteiger partial charge >= 0.3 is 0 Å². The molecule has 0 radical (unpaired) electrons. The van der Waals surface area contributed by atoms with E-state index in [9.17, 15) is 0 Å². The summed E-state index contributed by atoms with van der Waals surface area (Å²) in [5.74, 6) is 0. The maximum Gasteiger partial charge on any atom is 0.0208 e. The molecule has 1 N–H and O–H groups in total.